The van der Waals surface area contributed by atoms with Crippen LogP contribution in [0, 0.1) is 18.3 Å². The Balaban J connectivity index is 1.81. The number of aromatic nitrogens is 2. The molecule has 0 aliphatic rings. The maximum absolute atomic E-state index is 11.7. The van der Waals surface area contributed by atoms with Crippen LogP contribution < -0.4 is 11.1 Å². The Hall–Kier alpha value is -3.24. The Morgan fingerprint density at radius 2 is 2.16 bits per heavy atom. The molecule has 0 saturated heterocycles. The van der Waals surface area contributed by atoms with Crippen LogP contribution in [0.15, 0.2) is 40.9 Å². The molecule has 126 valence electrons. The lowest BCUT2D eigenvalue weighted by Crippen LogP contribution is -2.42. The van der Waals surface area contributed by atoms with Crippen LogP contribution >= 0.6 is 0 Å². The number of fused-ring (bicyclic) bond motifs is 1. The fraction of sp³-hybridized carbons (Fsp3) is 0.222. The minimum atomic E-state index is -0.816. The third-order valence-electron chi connectivity index (χ3n) is 3.74. The topological polar surface area (TPSA) is 118 Å². The first-order valence-electron chi connectivity index (χ1n) is 7.79. The Kier molecular flexibility index (Phi) is 4.73. The van der Waals surface area contributed by atoms with Gasteiger partial charge in [0.15, 0.2) is 11.5 Å². The van der Waals surface area contributed by atoms with Gasteiger partial charge in [0.05, 0.1) is 12.1 Å². The molecule has 0 fully saturated rings. The van der Waals surface area contributed by atoms with E-state index < -0.39 is 11.9 Å². The number of benzene rings is 1. The van der Waals surface area contributed by atoms with Crippen LogP contribution in [0.4, 0.5) is 0 Å². The van der Waals surface area contributed by atoms with Crippen LogP contribution in [0.1, 0.15) is 11.6 Å². The van der Waals surface area contributed by atoms with Crippen molar-refractivity contribution < 1.29 is 9.21 Å². The van der Waals surface area contributed by atoms with Gasteiger partial charge in [0.1, 0.15) is 12.1 Å². The molecule has 25 heavy (non-hydrogen) atoms. The lowest BCUT2D eigenvalue weighted by atomic mass is 10.1. The van der Waals surface area contributed by atoms with Crippen molar-refractivity contribution in [1.29, 1.82) is 5.26 Å². The Labute approximate surface area is 144 Å². The predicted molar refractivity (Wildman–Crippen MR) is 92.3 cm³/mol. The lowest BCUT2D eigenvalue weighted by molar-refractivity contribution is -0.122. The highest BCUT2D eigenvalue weighted by Gasteiger charge is 2.17. The molecule has 3 aromatic rings. The number of nitrogens with zero attached hydrogens (tertiary/aromatic N) is 3. The molecule has 0 unspecified atom stereocenters. The molecular weight excluding hydrogens is 318 g/mol. The van der Waals surface area contributed by atoms with E-state index in [0.29, 0.717) is 17.0 Å². The average molecular weight is 335 g/mol. The maximum Gasteiger partial charge on any atom is 0.238 e. The van der Waals surface area contributed by atoms with Gasteiger partial charge in [-0.25, -0.2) is 4.98 Å². The predicted octanol–water partition coefficient (Wildman–Crippen LogP) is 1.71. The second kappa shape index (κ2) is 7.11. The summed E-state index contributed by atoms with van der Waals surface area (Å²) in [6, 6.07) is 10.7. The highest BCUT2D eigenvalue weighted by molar-refractivity contribution is 5.82. The van der Waals surface area contributed by atoms with Crippen molar-refractivity contribution >= 4 is 17.0 Å². The van der Waals surface area contributed by atoms with Gasteiger partial charge >= 0.3 is 0 Å². The summed E-state index contributed by atoms with van der Waals surface area (Å²) in [5.41, 5.74) is 10.1. The molecule has 0 saturated carbocycles. The van der Waals surface area contributed by atoms with Crippen LogP contribution in [0.5, 0.6) is 0 Å². The smallest absolute Gasteiger partial charge is 0.238 e. The fourth-order valence-electron chi connectivity index (χ4n) is 2.50. The molecule has 0 aliphatic heterocycles. The van der Waals surface area contributed by atoms with Crippen molar-refractivity contribution in [3.63, 3.8) is 0 Å². The molecule has 7 nitrogen and oxygen atoms in total. The number of hydrogen-bond donors (Lipinski definition) is 2. The van der Waals surface area contributed by atoms with Crippen LogP contribution in [0.3, 0.4) is 0 Å². The molecule has 1 aromatic carbocycles. The Bertz CT molecular complexity index is 957. The first kappa shape index (κ1) is 16.6. The highest BCUT2D eigenvalue weighted by Crippen LogP contribution is 2.25. The number of amides is 1. The van der Waals surface area contributed by atoms with E-state index in [1.165, 1.54) is 0 Å². The zero-order valence-corrected chi connectivity index (χ0v) is 13.7. The molecule has 2 aromatic heterocycles. The summed E-state index contributed by atoms with van der Waals surface area (Å²) in [6.45, 7) is 1.86. The number of carbonyl (C=O) groups is 1. The van der Waals surface area contributed by atoms with E-state index in [2.05, 4.69) is 15.3 Å². The van der Waals surface area contributed by atoms with E-state index in [1.54, 1.807) is 6.20 Å². The largest absolute Gasteiger partial charge is 0.441 e. The van der Waals surface area contributed by atoms with Gasteiger partial charge in [-0.15, -0.1) is 0 Å². The molecule has 0 bridgehead atoms. The second-order valence-electron chi connectivity index (χ2n) is 5.66. The zero-order chi connectivity index (χ0) is 17.8. The second-order valence-corrected chi connectivity index (χ2v) is 5.66. The average Bonchev–Trinajstić information content (AvgIpc) is 3.00. The van der Waals surface area contributed by atoms with Gasteiger partial charge < -0.3 is 15.5 Å². The number of aryl methyl sites for hydroxylation is 1. The number of hydrogen-bond acceptors (Lipinski definition) is 6. The number of nitrogens with one attached hydrogen (secondary N) is 1. The molecule has 1 amide bonds. The summed E-state index contributed by atoms with van der Waals surface area (Å²) in [7, 11) is 0. The van der Waals surface area contributed by atoms with E-state index in [9.17, 15) is 4.79 Å². The van der Waals surface area contributed by atoms with Crippen molar-refractivity contribution in [3.05, 3.63) is 48.1 Å². The monoisotopic (exact) mass is 335 g/mol. The normalized spacial score (nSPS) is 11.9. The van der Waals surface area contributed by atoms with Gasteiger partial charge in [-0.05, 0) is 42.3 Å². The number of oxazole rings is 1. The van der Waals surface area contributed by atoms with Crippen molar-refractivity contribution in [3.8, 4) is 17.2 Å². The Morgan fingerprint density at radius 3 is 2.92 bits per heavy atom. The maximum atomic E-state index is 11.7. The van der Waals surface area contributed by atoms with Gasteiger partial charge in [0.25, 0.3) is 0 Å². The first-order chi connectivity index (χ1) is 12.1. The van der Waals surface area contributed by atoms with E-state index in [0.717, 1.165) is 16.8 Å². The first-order valence-corrected chi connectivity index (χ1v) is 7.79. The zero-order valence-electron chi connectivity index (χ0n) is 13.7. The number of carbonyl (C=O) groups excluding carboxylic acids is 1. The van der Waals surface area contributed by atoms with E-state index >= 15 is 0 Å². The van der Waals surface area contributed by atoms with Crippen molar-refractivity contribution in [2.75, 3.05) is 6.54 Å². The third kappa shape index (κ3) is 3.82. The molecule has 0 radical (unpaired) electrons. The number of pyridine rings is 1. The SMILES string of the molecule is Cc1cc(-c2ccc3nc(C[C@H](N)C(=O)NCC#N)oc3c2)ccn1. The summed E-state index contributed by atoms with van der Waals surface area (Å²) in [6.07, 6.45) is 1.93. The number of nitrogens with two attached hydrogens (primary N) is 1. The molecular formula is C18H17N5O2. The van der Waals surface area contributed by atoms with E-state index in [4.69, 9.17) is 15.4 Å². The minimum absolute atomic E-state index is 0.0746. The van der Waals surface area contributed by atoms with E-state index in [-0.39, 0.29) is 13.0 Å². The molecule has 2 heterocycles. The minimum Gasteiger partial charge on any atom is -0.441 e. The number of nitriles is 1. The van der Waals surface area contributed by atoms with Gasteiger partial charge in [-0.2, -0.15) is 5.26 Å². The lowest BCUT2D eigenvalue weighted by Gasteiger charge is -2.07. The van der Waals surface area contributed by atoms with Crippen molar-refractivity contribution in [1.82, 2.24) is 15.3 Å². The quantitative estimate of drug-likeness (QED) is 0.685. The summed E-state index contributed by atoms with van der Waals surface area (Å²) in [5.74, 6) is -0.0191. The van der Waals surface area contributed by atoms with Crippen LogP contribution in [-0.4, -0.2) is 28.5 Å². The van der Waals surface area contributed by atoms with Gasteiger partial charge in [-0.1, -0.05) is 6.07 Å². The molecule has 7 heteroatoms. The summed E-state index contributed by atoms with van der Waals surface area (Å²) >= 11 is 0. The highest BCUT2D eigenvalue weighted by atomic mass is 16.3. The Morgan fingerprint density at radius 1 is 1.36 bits per heavy atom. The van der Waals surface area contributed by atoms with Crippen LogP contribution in [0.2, 0.25) is 0 Å². The third-order valence-corrected chi connectivity index (χ3v) is 3.74. The molecule has 0 spiro atoms. The summed E-state index contributed by atoms with van der Waals surface area (Å²) in [4.78, 5) is 20.3. The number of rotatable bonds is 5. The molecule has 3 rings (SSSR count). The van der Waals surface area contributed by atoms with Crippen LogP contribution in [0.25, 0.3) is 22.2 Å². The summed E-state index contributed by atoms with van der Waals surface area (Å²) < 4.78 is 5.73. The van der Waals surface area contributed by atoms with Gasteiger partial charge in [-0.3, -0.25) is 9.78 Å². The fourth-order valence-corrected chi connectivity index (χ4v) is 2.50. The van der Waals surface area contributed by atoms with Crippen LogP contribution in [-0.2, 0) is 11.2 Å². The molecule has 0 aliphatic carbocycles. The van der Waals surface area contributed by atoms with E-state index in [1.807, 2.05) is 43.3 Å². The summed E-state index contributed by atoms with van der Waals surface area (Å²) in [5, 5.41) is 10.9. The molecule has 3 N–H and O–H groups in total. The van der Waals surface area contributed by atoms with Crippen molar-refractivity contribution in [2.45, 2.75) is 19.4 Å². The standard InChI is InChI=1S/C18H17N5O2/c1-11-8-13(4-6-21-11)12-2-3-15-16(9-12)25-17(23-15)10-14(20)18(24)22-7-5-19/h2-4,6,8-9,14H,7,10,20H2,1H3,(H,22,24)/t14-/m0/s1. The molecule has 1 atom stereocenters. The van der Waals surface area contributed by atoms with Gasteiger partial charge in [0, 0.05) is 18.3 Å². The van der Waals surface area contributed by atoms with Crippen molar-refractivity contribution in [2.24, 2.45) is 5.73 Å². The van der Waals surface area contributed by atoms with Gasteiger partial charge in [0.2, 0.25) is 5.91 Å².